The highest BCUT2D eigenvalue weighted by Crippen LogP contribution is 2.18. The summed E-state index contributed by atoms with van der Waals surface area (Å²) in [4.78, 5) is 33.4. The highest BCUT2D eigenvalue weighted by atomic mass is 16.7. The molecule has 1 aliphatic heterocycles. The van der Waals surface area contributed by atoms with Gasteiger partial charge >= 0.3 is 12.1 Å². The molecule has 1 aliphatic rings. The van der Waals surface area contributed by atoms with Crippen molar-refractivity contribution in [3.8, 4) is 0 Å². The van der Waals surface area contributed by atoms with Crippen molar-refractivity contribution in [2.75, 3.05) is 55.9 Å². The number of hydrogen-bond acceptors (Lipinski definition) is 6. The van der Waals surface area contributed by atoms with Gasteiger partial charge in [-0.3, -0.25) is 9.74 Å². The van der Waals surface area contributed by atoms with Gasteiger partial charge in [0.05, 0.1) is 17.9 Å². The minimum Gasteiger partial charge on any atom is -0.478 e. The van der Waals surface area contributed by atoms with Crippen molar-refractivity contribution in [2.45, 2.75) is 6.92 Å². The Labute approximate surface area is 176 Å². The van der Waals surface area contributed by atoms with E-state index in [0.29, 0.717) is 24.4 Å². The number of rotatable bonds is 8. The maximum atomic E-state index is 12.4. The normalized spacial score (nSPS) is 14.4. The van der Waals surface area contributed by atoms with Gasteiger partial charge in [-0.15, -0.1) is 0 Å². The van der Waals surface area contributed by atoms with Crippen LogP contribution < -0.4 is 9.96 Å². The molecule has 0 spiro atoms. The van der Waals surface area contributed by atoms with E-state index in [9.17, 15) is 9.59 Å². The fraction of sp³-hybridized carbons (Fsp3) is 0.364. The van der Waals surface area contributed by atoms with Crippen LogP contribution in [0.3, 0.4) is 0 Å². The fourth-order valence-corrected chi connectivity index (χ4v) is 3.31. The van der Waals surface area contributed by atoms with E-state index < -0.39 is 12.1 Å². The fourth-order valence-electron chi connectivity index (χ4n) is 3.31. The zero-order valence-electron chi connectivity index (χ0n) is 17.1. The summed E-state index contributed by atoms with van der Waals surface area (Å²) in [6.45, 7) is 6.25. The van der Waals surface area contributed by atoms with Crippen LogP contribution in [-0.4, -0.2) is 68.0 Å². The number of carboxylic acid groups (broad SMARTS) is 1. The molecule has 1 N–H and O–H groups in total. The van der Waals surface area contributed by atoms with Gasteiger partial charge in [0.15, 0.2) is 0 Å². The molecule has 0 aromatic heterocycles. The number of carboxylic acids is 1. The Bertz CT molecular complexity index is 838. The molecule has 1 heterocycles. The molecule has 0 aliphatic carbocycles. The van der Waals surface area contributed by atoms with Gasteiger partial charge in [0.1, 0.15) is 6.61 Å². The first-order chi connectivity index (χ1) is 14.6. The Morgan fingerprint density at radius 1 is 1.03 bits per heavy atom. The number of anilines is 2. The molecule has 8 nitrogen and oxygen atoms in total. The molecule has 160 valence electrons. The molecule has 3 rings (SSSR count). The third kappa shape index (κ3) is 5.71. The molecule has 2 aromatic carbocycles. The largest absolute Gasteiger partial charge is 0.478 e. The number of benzene rings is 2. The standard InChI is InChI=1S/C22H27N3O5/c1-2-30-25(19-8-4-3-5-9-19)22(28)29-16-15-23-11-13-24(14-12-23)20-10-6-7-18(17-20)21(26)27/h3-10,17H,2,11-16H2,1H3,(H,26,27). The Morgan fingerprint density at radius 2 is 1.77 bits per heavy atom. The maximum Gasteiger partial charge on any atom is 0.438 e. The SMILES string of the molecule is CCON(C(=O)OCCN1CCN(c2cccc(C(=O)O)c2)CC1)c1ccccc1. The van der Waals surface area contributed by atoms with E-state index in [4.69, 9.17) is 14.7 Å². The summed E-state index contributed by atoms with van der Waals surface area (Å²) >= 11 is 0. The summed E-state index contributed by atoms with van der Waals surface area (Å²) in [5, 5.41) is 10.3. The quantitative estimate of drug-likeness (QED) is 0.666. The third-order valence-corrected chi connectivity index (χ3v) is 4.88. The van der Waals surface area contributed by atoms with Crippen LogP contribution in [0, 0.1) is 0 Å². The molecular weight excluding hydrogens is 386 g/mol. The van der Waals surface area contributed by atoms with Gasteiger partial charge < -0.3 is 14.7 Å². The molecule has 1 amide bonds. The first-order valence-corrected chi connectivity index (χ1v) is 10.0. The number of aromatic carboxylic acids is 1. The van der Waals surface area contributed by atoms with E-state index in [1.54, 1.807) is 30.3 Å². The molecule has 0 radical (unpaired) electrons. The van der Waals surface area contributed by atoms with Crippen molar-refractivity contribution >= 4 is 23.4 Å². The molecule has 0 saturated carbocycles. The second-order valence-corrected chi connectivity index (χ2v) is 6.85. The number of piperazine rings is 1. The first-order valence-electron chi connectivity index (χ1n) is 10.0. The summed E-state index contributed by atoms with van der Waals surface area (Å²) in [6.07, 6.45) is -0.535. The molecule has 2 aromatic rings. The highest BCUT2D eigenvalue weighted by molar-refractivity contribution is 5.88. The Balaban J connectivity index is 1.45. The zero-order valence-corrected chi connectivity index (χ0v) is 17.1. The first kappa shape index (κ1) is 21.6. The van der Waals surface area contributed by atoms with Crippen molar-refractivity contribution in [3.05, 3.63) is 60.2 Å². The Hall–Kier alpha value is -3.10. The van der Waals surface area contributed by atoms with Crippen LogP contribution in [0.25, 0.3) is 0 Å². The molecule has 0 atom stereocenters. The number of carbonyl (C=O) groups excluding carboxylic acids is 1. The van der Waals surface area contributed by atoms with E-state index in [2.05, 4.69) is 9.80 Å². The molecule has 30 heavy (non-hydrogen) atoms. The summed E-state index contributed by atoms with van der Waals surface area (Å²) in [5.74, 6) is -0.922. The summed E-state index contributed by atoms with van der Waals surface area (Å²) in [7, 11) is 0. The van der Waals surface area contributed by atoms with Gasteiger partial charge in [0.2, 0.25) is 0 Å². The van der Waals surface area contributed by atoms with Crippen LogP contribution >= 0.6 is 0 Å². The zero-order chi connectivity index (χ0) is 21.3. The molecule has 1 fully saturated rings. The lowest BCUT2D eigenvalue weighted by Gasteiger charge is -2.36. The van der Waals surface area contributed by atoms with Crippen molar-refractivity contribution in [1.29, 1.82) is 0 Å². The van der Waals surface area contributed by atoms with Crippen LogP contribution in [0.1, 0.15) is 17.3 Å². The van der Waals surface area contributed by atoms with Gasteiger partial charge in [-0.1, -0.05) is 24.3 Å². The summed E-state index contributed by atoms with van der Waals surface area (Å²) in [5.41, 5.74) is 1.83. The van der Waals surface area contributed by atoms with E-state index in [0.717, 1.165) is 31.9 Å². The number of ether oxygens (including phenoxy) is 1. The molecular formula is C22H27N3O5. The summed E-state index contributed by atoms with van der Waals surface area (Å²) < 4.78 is 5.41. The molecule has 1 saturated heterocycles. The minimum absolute atomic E-state index is 0.268. The average Bonchev–Trinajstić information content (AvgIpc) is 2.78. The van der Waals surface area contributed by atoms with Gasteiger partial charge in [-0.05, 0) is 37.3 Å². The second kappa shape index (κ2) is 10.6. The van der Waals surface area contributed by atoms with Crippen LogP contribution in [0.15, 0.2) is 54.6 Å². The molecule has 0 unspecified atom stereocenters. The van der Waals surface area contributed by atoms with Crippen molar-refractivity contribution in [3.63, 3.8) is 0 Å². The second-order valence-electron chi connectivity index (χ2n) is 6.85. The minimum atomic E-state index is -0.922. The number of hydrogen-bond donors (Lipinski definition) is 1. The third-order valence-electron chi connectivity index (χ3n) is 4.88. The van der Waals surface area contributed by atoms with Gasteiger partial charge in [-0.2, -0.15) is 5.06 Å². The van der Waals surface area contributed by atoms with Crippen LogP contribution in [0.5, 0.6) is 0 Å². The number of hydroxylamine groups is 1. The Morgan fingerprint density at radius 3 is 2.43 bits per heavy atom. The van der Waals surface area contributed by atoms with Crippen molar-refractivity contribution < 1.29 is 24.3 Å². The maximum absolute atomic E-state index is 12.4. The van der Waals surface area contributed by atoms with Crippen molar-refractivity contribution in [1.82, 2.24) is 4.90 Å². The van der Waals surface area contributed by atoms with E-state index in [1.165, 1.54) is 5.06 Å². The van der Waals surface area contributed by atoms with Gasteiger partial charge in [0.25, 0.3) is 0 Å². The van der Waals surface area contributed by atoms with Gasteiger partial charge in [0, 0.05) is 38.4 Å². The topological polar surface area (TPSA) is 82.5 Å². The smallest absolute Gasteiger partial charge is 0.438 e. The molecule has 8 heteroatoms. The predicted molar refractivity (Wildman–Crippen MR) is 114 cm³/mol. The number of nitrogens with zero attached hydrogens (tertiary/aromatic N) is 3. The Kier molecular flexibility index (Phi) is 7.64. The number of carbonyl (C=O) groups is 2. The van der Waals surface area contributed by atoms with Gasteiger partial charge in [-0.25, -0.2) is 9.59 Å². The van der Waals surface area contributed by atoms with E-state index in [1.807, 2.05) is 31.2 Å². The van der Waals surface area contributed by atoms with Crippen LogP contribution in [0.2, 0.25) is 0 Å². The van der Waals surface area contributed by atoms with Crippen LogP contribution in [0.4, 0.5) is 16.2 Å². The lowest BCUT2D eigenvalue weighted by molar-refractivity contribution is 0.0696. The van der Waals surface area contributed by atoms with E-state index in [-0.39, 0.29) is 6.61 Å². The summed E-state index contributed by atoms with van der Waals surface area (Å²) in [6, 6.07) is 16.1. The molecule has 0 bridgehead atoms. The van der Waals surface area contributed by atoms with Crippen molar-refractivity contribution in [2.24, 2.45) is 0 Å². The monoisotopic (exact) mass is 413 g/mol. The number of para-hydroxylation sites is 1. The predicted octanol–water partition coefficient (Wildman–Crippen LogP) is 3.10. The van der Waals surface area contributed by atoms with E-state index >= 15 is 0 Å². The number of amides is 1. The van der Waals surface area contributed by atoms with Crippen LogP contribution in [-0.2, 0) is 9.57 Å². The lowest BCUT2D eigenvalue weighted by atomic mass is 10.1. The lowest BCUT2D eigenvalue weighted by Crippen LogP contribution is -2.47. The average molecular weight is 413 g/mol. The highest BCUT2D eigenvalue weighted by Gasteiger charge is 2.20.